The second-order valence-electron chi connectivity index (χ2n) is 5.45. The lowest BCUT2D eigenvalue weighted by molar-refractivity contribution is 0.594. The zero-order valence-electron chi connectivity index (χ0n) is 11.8. The predicted octanol–water partition coefficient (Wildman–Crippen LogP) is 3.33. The van der Waals surface area contributed by atoms with E-state index in [9.17, 15) is 4.21 Å². The molecule has 0 saturated heterocycles. The van der Waals surface area contributed by atoms with E-state index in [4.69, 9.17) is 5.73 Å². The van der Waals surface area contributed by atoms with Gasteiger partial charge in [0.25, 0.3) is 0 Å². The Labute approximate surface area is 119 Å². The Kier molecular flexibility index (Phi) is 5.59. The molecule has 0 radical (unpaired) electrons. The molecule has 0 spiro atoms. The van der Waals surface area contributed by atoms with E-state index >= 15 is 0 Å². The molecular formula is C16H25NOS. The molecule has 1 aliphatic carbocycles. The Morgan fingerprint density at radius 2 is 2.11 bits per heavy atom. The van der Waals surface area contributed by atoms with E-state index in [-0.39, 0.29) is 11.3 Å². The van der Waals surface area contributed by atoms with Crippen LogP contribution in [0.3, 0.4) is 0 Å². The maximum Gasteiger partial charge on any atom is 0.0541 e. The monoisotopic (exact) mass is 279 g/mol. The highest BCUT2D eigenvalue weighted by atomic mass is 32.2. The SMILES string of the molecule is CCCCCS(=O)C1CCCc2ccccc2C1N. The Hall–Kier alpha value is -0.670. The van der Waals surface area contributed by atoms with Gasteiger partial charge >= 0.3 is 0 Å². The van der Waals surface area contributed by atoms with E-state index in [1.54, 1.807) is 0 Å². The molecule has 0 bridgehead atoms. The maximum absolute atomic E-state index is 12.5. The van der Waals surface area contributed by atoms with Crippen LogP contribution in [0.25, 0.3) is 0 Å². The summed E-state index contributed by atoms with van der Waals surface area (Å²) in [7, 11) is -0.781. The largest absolute Gasteiger partial charge is 0.323 e. The highest BCUT2D eigenvalue weighted by Crippen LogP contribution is 2.30. The van der Waals surface area contributed by atoms with Crippen molar-refractivity contribution in [3.63, 3.8) is 0 Å². The summed E-state index contributed by atoms with van der Waals surface area (Å²) >= 11 is 0. The molecule has 1 aromatic rings. The molecule has 0 fully saturated rings. The molecular weight excluding hydrogens is 254 g/mol. The van der Waals surface area contributed by atoms with E-state index in [0.717, 1.165) is 31.4 Å². The number of fused-ring (bicyclic) bond motifs is 1. The van der Waals surface area contributed by atoms with Crippen LogP contribution in [0.2, 0.25) is 0 Å². The van der Waals surface area contributed by atoms with Crippen LogP contribution in [0.15, 0.2) is 24.3 Å². The van der Waals surface area contributed by atoms with Gasteiger partial charge in [-0.25, -0.2) is 0 Å². The van der Waals surface area contributed by atoms with Crippen molar-refractivity contribution in [2.45, 2.75) is 56.7 Å². The fourth-order valence-electron chi connectivity index (χ4n) is 2.90. The zero-order chi connectivity index (χ0) is 13.7. The Morgan fingerprint density at radius 3 is 2.89 bits per heavy atom. The summed E-state index contributed by atoms with van der Waals surface area (Å²) in [5.74, 6) is 0.814. The van der Waals surface area contributed by atoms with E-state index in [0.29, 0.717) is 0 Å². The second kappa shape index (κ2) is 7.20. The Balaban J connectivity index is 2.08. The highest BCUT2D eigenvalue weighted by molar-refractivity contribution is 7.85. The van der Waals surface area contributed by atoms with Crippen molar-refractivity contribution in [3.05, 3.63) is 35.4 Å². The Morgan fingerprint density at radius 1 is 1.32 bits per heavy atom. The average Bonchev–Trinajstić information content (AvgIpc) is 2.59. The molecule has 2 nitrogen and oxygen atoms in total. The van der Waals surface area contributed by atoms with Crippen LogP contribution in [-0.2, 0) is 17.2 Å². The predicted molar refractivity (Wildman–Crippen MR) is 82.6 cm³/mol. The third-order valence-electron chi connectivity index (χ3n) is 4.04. The number of aryl methyl sites for hydroxylation is 1. The summed E-state index contributed by atoms with van der Waals surface area (Å²) in [6.45, 7) is 2.18. The van der Waals surface area contributed by atoms with Crippen molar-refractivity contribution in [2.75, 3.05) is 5.75 Å². The molecule has 1 aliphatic rings. The van der Waals surface area contributed by atoms with E-state index in [1.807, 2.05) is 6.07 Å². The van der Waals surface area contributed by atoms with Gasteiger partial charge in [0, 0.05) is 22.6 Å². The molecule has 0 heterocycles. The standard InChI is InChI=1S/C16H25NOS/c1-2-3-6-12-19(18)15-11-7-9-13-8-4-5-10-14(13)16(15)17/h4-5,8,10,15-16H,2-3,6-7,9,11-12,17H2,1H3. The average molecular weight is 279 g/mol. The van der Waals surface area contributed by atoms with E-state index < -0.39 is 10.8 Å². The van der Waals surface area contributed by atoms with Gasteiger partial charge in [-0.3, -0.25) is 4.21 Å². The van der Waals surface area contributed by atoms with Gasteiger partial charge in [0.1, 0.15) is 0 Å². The topological polar surface area (TPSA) is 43.1 Å². The lowest BCUT2D eigenvalue weighted by atomic mass is 10.00. The number of nitrogens with two attached hydrogens (primary N) is 1. The van der Waals surface area contributed by atoms with Crippen LogP contribution in [0.5, 0.6) is 0 Å². The summed E-state index contributed by atoms with van der Waals surface area (Å²) in [5, 5.41) is 0.139. The number of hydrogen-bond donors (Lipinski definition) is 1. The normalized spacial score (nSPS) is 24.5. The minimum atomic E-state index is -0.781. The summed E-state index contributed by atoms with van der Waals surface area (Å²) < 4.78 is 12.5. The third kappa shape index (κ3) is 3.67. The van der Waals surface area contributed by atoms with Gasteiger partial charge in [-0.1, -0.05) is 44.0 Å². The van der Waals surface area contributed by atoms with Crippen molar-refractivity contribution >= 4 is 10.8 Å². The van der Waals surface area contributed by atoms with Gasteiger partial charge in [0.2, 0.25) is 0 Å². The van der Waals surface area contributed by atoms with Crippen LogP contribution in [0, 0.1) is 0 Å². The third-order valence-corrected chi connectivity index (χ3v) is 5.93. The van der Waals surface area contributed by atoms with Crippen molar-refractivity contribution < 1.29 is 4.21 Å². The molecule has 3 atom stereocenters. The van der Waals surface area contributed by atoms with Crippen molar-refractivity contribution in [2.24, 2.45) is 5.73 Å². The van der Waals surface area contributed by atoms with Crippen LogP contribution in [0.1, 0.15) is 56.2 Å². The minimum absolute atomic E-state index is 0.0545. The van der Waals surface area contributed by atoms with Crippen molar-refractivity contribution in [3.8, 4) is 0 Å². The van der Waals surface area contributed by atoms with E-state index in [1.165, 1.54) is 24.0 Å². The van der Waals surface area contributed by atoms with Gasteiger partial charge < -0.3 is 5.73 Å². The van der Waals surface area contributed by atoms with Crippen LogP contribution < -0.4 is 5.73 Å². The quantitative estimate of drug-likeness (QED) is 0.663. The van der Waals surface area contributed by atoms with Gasteiger partial charge in [0.15, 0.2) is 0 Å². The number of unbranched alkanes of at least 4 members (excludes halogenated alkanes) is 2. The van der Waals surface area contributed by atoms with Crippen molar-refractivity contribution in [1.29, 1.82) is 0 Å². The summed E-state index contributed by atoms with van der Waals surface area (Å²) in [6.07, 6.45) is 6.59. The second-order valence-corrected chi connectivity index (χ2v) is 7.22. The van der Waals surface area contributed by atoms with Crippen LogP contribution in [-0.4, -0.2) is 15.2 Å². The fourth-order valence-corrected chi connectivity index (χ4v) is 4.60. The smallest absolute Gasteiger partial charge is 0.0541 e. The van der Waals surface area contributed by atoms with Gasteiger partial charge in [-0.05, 0) is 36.8 Å². The first kappa shape index (κ1) is 14.7. The molecule has 2 rings (SSSR count). The molecule has 19 heavy (non-hydrogen) atoms. The first-order valence-corrected chi connectivity index (χ1v) is 8.82. The molecule has 2 N–H and O–H groups in total. The number of rotatable bonds is 5. The molecule has 1 aromatic carbocycles. The Bertz CT molecular complexity index is 433. The summed E-state index contributed by atoms with van der Waals surface area (Å²) in [6, 6.07) is 8.34. The fraction of sp³-hybridized carbons (Fsp3) is 0.625. The van der Waals surface area contributed by atoms with E-state index in [2.05, 4.69) is 25.1 Å². The molecule has 3 unspecified atom stereocenters. The van der Waals surface area contributed by atoms with Gasteiger partial charge in [-0.2, -0.15) is 0 Å². The minimum Gasteiger partial charge on any atom is -0.323 e. The number of benzene rings is 1. The summed E-state index contributed by atoms with van der Waals surface area (Å²) in [5.41, 5.74) is 8.97. The maximum atomic E-state index is 12.5. The highest BCUT2D eigenvalue weighted by Gasteiger charge is 2.28. The number of hydrogen-bond acceptors (Lipinski definition) is 2. The zero-order valence-corrected chi connectivity index (χ0v) is 12.6. The lowest BCUT2D eigenvalue weighted by Gasteiger charge is -2.22. The molecule has 0 aliphatic heterocycles. The summed E-state index contributed by atoms with van der Waals surface area (Å²) in [4.78, 5) is 0. The molecule has 106 valence electrons. The first-order chi connectivity index (χ1) is 9.24. The van der Waals surface area contributed by atoms with Crippen LogP contribution >= 0.6 is 0 Å². The van der Waals surface area contributed by atoms with Gasteiger partial charge in [-0.15, -0.1) is 0 Å². The molecule has 3 heteroatoms. The first-order valence-electron chi connectivity index (χ1n) is 7.44. The molecule has 0 amide bonds. The van der Waals surface area contributed by atoms with Gasteiger partial charge in [0.05, 0.1) is 5.25 Å². The molecule has 0 saturated carbocycles. The van der Waals surface area contributed by atoms with Crippen LogP contribution in [0.4, 0.5) is 0 Å². The molecule has 0 aromatic heterocycles. The lowest BCUT2D eigenvalue weighted by Crippen LogP contribution is -2.31. The van der Waals surface area contributed by atoms with Crippen molar-refractivity contribution in [1.82, 2.24) is 0 Å².